The van der Waals surface area contributed by atoms with Crippen molar-refractivity contribution in [3.05, 3.63) is 30.1 Å². The van der Waals surface area contributed by atoms with Crippen LogP contribution in [0.3, 0.4) is 0 Å². The smallest absolute Gasteiger partial charge is 0.272 e. The molecule has 100 valence electrons. The quantitative estimate of drug-likeness (QED) is 0.872. The van der Waals surface area contributed by atoms with Crippen molar-refractivity contribution in [3.8, 4) is 0 Å². The predicted octanol–water partition coefficient (Wildman–Crippen LogP) is 2.59. The van der Waals surface area contributed by atoms with Crippen LogP contribution < -0.4 is 5.32 Å². The van der Waals surface area contributed by atoms with E-state index >= 15 is 0 Å². The molecule has 0 radical (unpaired) electrons. The molecule has 19 heavy (non-hydrogen) atoms. The lowest BCUT2D eigenvalue weighted by atomic mass is 9.85. The fraction of sp³-hybridized carbons (Fsp3) is 0.429. The summed E-state index contributed by atoms with van der Waals surface area (Å²) in [6.45, 7) is 0.777. The highest BCUT2D eigenvalue weighted by molar-refractivity contribution is 7.98. The predicted molar refractivity (Wildman–Crippen MR) is 76.6 cm³/mol. The van der Waals surface area contributed by atoms with Crippen LogP contribution in [0.5, 0.6) is 0 Å². The molecule has 2 heterocycles. The molecule has 0 atom stereocenters. The number of imidazole rings is 1. The molecular weight excluding hydrogens is 258 g/mol. The number of nitrogens with zero attached hydrogens (tertiary/aromatic N) is 2. The van der Waals surface area contributed by atoms with Crippen LogP contribution in [0.2, 0.25) is 0 Å². The van der Waals surface area contributed by atoms with E-state index in [9.17, 15) is 4.79 Å². The highest BCUT2D eigenvalue weighted by Crippen LogP contribution is 2.25. The molecule has 4 nitrogen and oxygen atoms in total. The number of hydrogen-bond donors (Lipinski definition) is 1. The van der Waals surface area contributed by atoms with Crippen LogP contribution in [0, 0.1) is 5.92 Å². The monoisotopic (exact) mass is 275 g/mol. The lowest BCUT2D eigenvalue weighted by Gasteiger charge is -2.25. The van der Waals surface area contributed by atoms with Crippen LogP contribution in [0.4, 0.5) is 0 Å². The van der Waals surface area contributed by atoms with Gasteiger partial charge in [-0.05, 0) is 37.1 Å². The molecule has 1 aliphatic rings. The number of fused-ring (bicyclic) bond motifs is 1. The third kappa shape index (κ3) is 2.34. The zero-order valence-corrected chi connectivity index (χ0v) is 11.7. The van der Waals surface area contributed by atoms with Crippen molar-refractivity contribution >= 4 is 23.2 Å². The van der Waals surface area contributed by atoms with Crippen molar-refractivity contribution in [2.45, 2.75) is 24.4 Å². The van der Waals surface area contributed by atoms with E-state index in [1.54, 1.807) is 11.8 Å². The maximum Gasteiger partial charge on any atom is 0.272 e. The first kappa shape index (κ1) is 12.5. The van der Waals surface area contributed by atoms with Crippen LogP contribution in [0.25, 0.3) is 5.52 Å². The van der Waals surface area contributed by atoms with Gasteiger partial charge in [0.05, 0.1) is 5.52 Å². The van der Waals surface area contributed by atoms with E-state index in [0.29, 0.717) is 11.6 Å². The maximum atomic E-state index is 12.2. The summed E-state index contributed by atoms with van der Waals surface area (Å²) in [5.41, 5.74) is 1.40. The van der Waals surface area contributed by atoms with E-state index < -0.39 is 0 Å². The summed E-state index contributed by atoms with van der Waals surface area (Å²) in [5, 5.41) is 3.86. The molecule has 0 bridgehead atoms. The van der Waals surface area contributed by atoms with Crippen molar-refractivity contribution < 1.29 is 4.79 Å². The van der Waals surface area contributed by atoms with E-state index in [4.69, 9.17) is 0 Å². The van der Waals surface area contributed by atoms with Gasteiger partial charge in [-0.25, -0.2) is 4.98 Å². The average molecular weight is 275 g/mol. The molecule has 1 saturated carbocycles. The molecule has 0 aliphatic heterocycles. The lowest BCUT2D eigenvalue weighted by molar-refractivity contribution is 0.0936. The maximum absolute atomic E-state index is 12.2. The van der Waals surface area contributed by atoms with Crippen molar-refractivity contribution in [3.63, 3.8) is 0 Å². The Morgan fingerprint density at radius 1 is 1.53 bits per heavy atom. The van der Waals surface area contributed by atoms with Crippen LogP contribution in [-0.4, -0.2) is 28.1 Å². The van der Waals surface area contributed by atoms with E-state index in [1.165, 1.54) is 19.3 Å². The Hall–Kier alpha value is -1.49. The molecule has 1 aliphatic carbocycles. The van der Waals surface area contributed by atoms with Gasteiger partial charge in [0.2, 0.25) is 0 Å². The van der Waals surface area contributed by atoms with Gasteiger partial charge in [-0.15, -0.1) is 0 Å². The molecule has 2 aromatic heterocycles. The minimum Gasteiger partial charge on any atom is -0.350 e. The van der Waals surface area contributed by atoms with Gasteiger partial charge in [0.15, 0.2) is 10.9 Å². The molecule has 2 aromatic rings. The first-order valence-electron chi connectivity index (χ1n) is 6.59. The molecular formula is C14H17N3OS. The van der Waals surface area contributed by atoms with E-state index in [2.05, 4.69) is 10.3 Å². The SMILES string of the molecule is CSc1nc(C(=O)NCC2CCC2)c2ccccn12. The second-order valence-corrected chi connectivity index (χ2v) is 5.68. The fourth-order valence-corrected chi connectivity index (χ4v) is 2.88. The highest BCUT2D eigenvalue weighted by atomic mass is 32.2. The van der Waals surface area contributed by atoms with Gasteiger partial charge in [-0.1, -0.05) is 24.2 Å². The Balaban J connectivity index is 1.84. The molecule has 1 amide bonds. The Labute approximate surface area is 116 Å². The summed E-state index contributed by atoms with van der Waals surface area (Å²) in [6.07, 6.45) is 7.68. The van der Waals surface area contributed by atoms with Gasteiger partial charge in [0.1, 0.15) is 0 Å². The zero-order valence-electron chi connectivity index (χ0n) is 10.9. The summed E-state index contributed by atoms with van der Waals surface area (Å²) in [4.78, 5) is 16.7. The van der Waals surface area contributed by atoms with Crippen LogP contribution >= 0.6 is 11.8 Å². The van der Waals surface area contributed by atoms with E-state index in [-0.39, 0.29) is 5.91 Å². The summed E-state index contributed by atoms with van der Waals surface area (Å²) >= 11 is 1.55. The first-order chi connectivity index (χ1) is 9.29. The van der Waals surface area contributed by atoms with Gasteiger partial charge in [0.25, 0.3) is 5.91 Å². The molecule has 3 rings (SSSR count). The van der Waals surface area contributed by atoms with Gasteiger partial charge in [-0.2, -0.15) is 0 Å². The average Bonchev–Trinajstić information content (AvgIpc) is 2.75. The summed E-state index contributed by atoms with van der Waals surface area (Å²) in [5.74, 6) is 0.605. The minimum absolute atomic E-state index is 0.0594. The largest absolute Gasteiger partial charge is 0.350 e. The number of carbonyl (C=O) groups excluding carboxylic acids is 1. The normalized spacial score (nSPS) is 15.4. The van der Waals surface area contributed by atoms with Crippen molar-refractivity contribution in [2.24, 2.45) is 5.92 Å². The number of amides is 1. The Morgan fingerprint density at radius 2 is 2.37 bits per heavy atom. The van der Waals surface area contributed by atoms with E-state index in [0.717, 1.165) is 17.2 Å². The number of pyridine rings is 1. The molecule has 1 N–H and O–H groups in total. The standard InChI is InChI=1S/C14H17N3OS/c1-19-14-16-12(11-7-2-3-8-17(11)14)13(18)15-9-10-5-4-6-10/h2-3,7-8,10H,4-6,9H2,1H3,(H,15,18). The Morgan fingerprint density at radius 3 is 3.05 bits per heavy atom. The summed E-state index contributed by atoms with van der Waals surface area (Å²) < 4.78 is 1.96. The first-order valence-corrected chi connectivity index (χ1v) is 7.81. The third-order valence-electron chi connectivity index (χ3n) is 3.69. The van der Waals surface area contributed by atoms with Gasteiger partial charge in [-0.3, -0.25) is 9.20 Å². The number of aromatic nitrogens is 2. The Bertz CT molecular complexity index is 604. The summed E-state index contributed by atoms with van der Waals surface area (Å²) in [7, 11) is 0. The summed E-state index contributed by atoms with van der Waals surface area (Å²) in [6, 6.07) is 5.82. The third-order valence-corrected chi connectivity index (χ3v) is 4.34. The van der Waals surface area contributed by atoms with Crippen LogP contribution in [-0.2, 0) is 0 Å². The van der Waals surface area contributed by atoms with Crippen molar-refractivity contribution in [1.29, 1.82) is 0 Å². The lowest BCUT2D eigenvalue weighted by Crippen LogP contribution is -2.32. The second-order valence-electron chi connectivity index (χ2n) is 4.91. The minimum atomic E-state index is -0.0594. The molecule has 1 fully saturated rings. The highest BCUT2D eigenvalue weighted by Gasteiger charge is 2.21. The zero-order chi connectivity index (χ0) is 13.2. The fourth-order valence-electron chi connectivity index (χ4n) is 2.34. The number of rotatable bonds is 4. The van der Waals surface area contributed by atoms with E-state index in [1.807, 2.05) is 35.1 Å². The van der Waals surface area contributed by atoms with Crippen molar-refractivity contribution in [2.75, 3.05) is 12.8 Å². The van der Waals surface area contributed by atoms with Crippen LogP contribution in [0.15, 0.2) is 29.6 Å². The number of nitrogens with one attached hydrogen (secondary N) is 1. The topological polar surface area (TPSA) is 46.4 Å². The number of carbonyl (C=O) groups is 1. The molecule has 0 unspecified atom stereocenters. The number of hydrogen-bond acceptors (Lipinski definition) is 3. The molecule has 0 aromatic carbocycles. The van der Waals surface area contributed by atoms with Crippen molar-refractivity contribution in [1.82, 2.24) is 14.7 Å². The number of thioether (sulfide) groups is 1. The van der Waals surface area contributed by atoms with Gasteiger partial charge in [0, 0.05) is 12.7 Å². The van der Waals surface area contributed by atoms with Gasteiger partial charge < -0.3 is 5.32 Å². The second kappa shape index (κ2) is 5.25. The Kier molecular flexibility index (Phi) is 3.46. The molecule has 0 saturated heterocycles. The molecule has 0 spiro atoms. The van der Waals surface area contributed by atoms with Crippen LogP contribution in [0.1, 0.15) is 29.8 Å². The molecule has 5 heteroatoms. The van der Waals surface area contributed by atoms with Gasteiger partial charge >= 0.3 is 0 Å².